The fourth-order valence-electron chi connectivity index (χ4n) is 7.02. The Morgan fingerprint density at radius 3 is 1.82 bits per heavy atom. The molecule has 0 bridgehead atoms. The van der Waals surface area contributed by atoms with Crippen molar-refractivity contribution in [3.8, 4) is 44.5 Å². The van der Waals surface area contributed by atoms with Crippen molar-refractivity contribution in [3.63, 3.8) is 0 Å². The maximum absolute atomic E-state index is 9.52. The molecule has 0 amide bonds. The highest BCUT2D eigenvalue weighted by atomic mass is 16.3. The van der Waals surface area contributed by atoms with Crippen molar-refractivity contribution < 1.29 is 23.6 Å². The summed E-state index contributed by atoms with van der Waals surface area (Å²) in [6, 6.07) is 23.3. The van der Waals surface area contributed by atoms with Crippen LogP contribution < -0.4 is 0 Å². The van der Waals surface area contributed by atoms with Gasteiger partial charge in [0.05, 0.1) is 19.2 Å². The summed E-state index contributed by atoms with van der Waals surface area (Å²) in [5, 5.41) is 2.26. The second-order valence-electron chi connectivity index (χ2n) is 11.7. The molecule has 10 aromatic rings. The van der Waals surface area contributed by atoms with Gasteiger partial charge < -0.3 is 4.42 Å². The molecule has 0 aliphatic heterocycles. The van der Waals surface area contributed by atoms with E-state index in [9.17, 15) is 2.74 Å². The molecule has 0 aliphatic carbocycles. The van der Waals surface area contributed by atoms with Crippen LogP contribution in [-0.2, 0) is 0 Å². The van der Waals surface area contributed by atoms with Crippen LogP contribution in [0.25, 0.3) is 98.8 Å². The van der Waals surface area contributed by atoms with Gasteiger partial charge in [-0.05, 0) is 89.6 Å². The van der Waals surface area contributed by atoms with Crippen LogP contribution in [0.1, 0.15) is 19.2 Å². The van der Waals surface area contributed by atoms with E-state index in [1.54, 1.807) is 0 Å². The zero-order valence-corrected chi connectivity index (χ0v) is 25.6. The van der Waals surface area contributed by atoms with E-state index < -0.39 is 66.5 Å². The Hall–Kier alpha value is -6.44. The van der Waals surface area contributed by atoms with Gasteiger partial charge in [-0.25, -0.2) is 0 Å². The summed E-state index contributed by atoms with van der Waals surface area (Å²) >= 11 is 0. The Morgan fingerprint density at radius 1 is 0.388 bits per heavy atom. The third-order valence-electron chi connectivity index (χ3n) is 9.09. The van der Waals surface area contributed by atoms with Gasteiger partial charge in [-0.2, -0.15) is 0 Å². The lowest BCUT2D eigenvalue weighted by molar-refractivity contribution is 0.673. The highest BCUT2D eigenvalue weighted by Crippen LogP contribution is 2.48. The first-order valence-electron chi connectivity index (χ1n) is 22.7. The predicted molar refractivity (Wildman–Crippen MR) is 208 cm³/mol. The van der Waals surface area contributed by atoms with Gasteiger partial charge in [0.1, 0.15) is 11.2 Å². The fraction of sp³-hybridized carbons (Fsp3) is 0. The van der Waals surface area contributed by atoms with Gasteiger partial charge in [-0.3, -0.25) is 0 Å². The van der Waals surface area contributed by atoms with E-state index in [1.165, 1.54) is 0 Å². The molecule has 0 radical (unpaired) electrons. The Balaban J connectivity index is 1.36. The van der Waals surface area contributed by atoms with Gasteiger partial charge >= 0.3 is 0 Å². The summed E-state index contributed by atoms with van der Waals surface area (Å²) in [5.74, 6) is 0. The van der Waals surface area contributed by atoms with E-state index in [0.29, 0.717) is 43.8 Å². The summed E-state index contributed by atoms with van der Waals surface area (Å²) in [4.78, 5) is 0. The second kappa shape index (κ2) is 11.1. The first kappa shape index (κ1) is 17.1. The normalized spacial score (nSPS) is 15.7. The third kappa shape index (κ3) is 4.33. The van der Waals surface area contributed by atoms with E-state index >= 15 is 0 Å². The summed E-state index contributed by atoms with van der Waals surface area (Å²) in [6.07, 6.45) is 0. The lowest BCUT2D eigenvalue weighted by Crippen LogP contribution is -1.92. The molecule has 228 valence electrons. The van der Waals surface area contributed by atoms with E-state index in [4.69, 9.17) is 20.9 Å². The van der Waals surface area contributed by atoms with E-state index in [0.717, 1.165) is 11.1 Å². The smallest absolute Gasteiger partial charge is 0.143 e. The van der Waals surface area contributed by atoms with Gasteiger partial charge in [0.25, 0.3) is 0 Å². The lowest BCUT2D eigenvalue weighted by Gasteiger charge is -2.19. The SMILES string of the molecule is [2H]c1c([2H])c([2H])c(-c2cc(-c3c4ccccc4c(-c4c([2H])c([2H])c([2H])c5oc6c7c([2H])c([2H])c([2H])c([2H])c7c([2H])c([2H])c6c45)c4ccccc34)ccc2-c2ccccc2)c([2H])c1[2H]. The van der Waals surface area contributed by atoms with Crippen LogP contribution in [0.4, 0.5) is 0 Å². The molecular weight excluding hydrogens is 593 g/mol. The number of hydrogen-bond donors (Lipinski definition) is 0. The van der Waals surface area contributed by atoms with Crippen LogP contribution in [0.15, 0.2) is 186 Å². The molecule has 49 heavy (non-hydrogen) atoms. The van der Waals surface area contributed by atoms with Gasteiger partial charge in [0.2, 0.25) is 0 Å². The van der Waals surface area contributed by atoms with Crippen molar-refractivity contribution in [2.24, 2.45) is 0 Å². The molecular formula is C48H30O. The standard InChI is InChI=1S/C48H30O/c1-3-14-31(15-4-1)35-28-27-34(30-43(35)32-16-5-2-6-17-32)45-37-20-9-11-22-39(37)46(40-23-12-10-21-38(40)45)41-24-13-25-44-47(41)42-29-26-33-18-7-8-19-36(33)48(42)49-44/h1-30H/i2D,5D,6D,7D,8D,13D,16D,17D,18D,19D,24D,25D,26D,29D. The Morgan fingerprint density at radius 2 is 1.06 bits per heavy atom. The van der Waals surface area contributed by atoms with Crippen LogP contribution in [0.5, 0.6) is 0 Å². The van der Waals surface area contributed by atoms with Crippen LogP contribution in [0, 0.1) is 0 Å². The molecule has 1 nitrogen and oxygen atoms in total. The molecule has 1 heteroatoms. The number of furan rings is 1. The molecule has 0 unspecified atom stereocenters. The minimum Gasteiger partial charge on any atom is -0.455 e. The number of fused-ring (bicyclic) bond motifs is 7. The fourth-order valence-corrected chi connectivity index (χ4v) is 7.02. The highest BCUT2D eigenvalue weighted by molar-refractivity contribution is 6.27. The van der Waals surface area contributed by atoms with Gasteiger partial charge in [-0.15, -0.1) is 0 Å². The molecule has 1 heterocycles. The van der Waals surface area contributed by atoms with Crippen molar-refractivity contribution in [1.29, 1.82) is 0 Å². The van der Waals surface area contributed by atoms with Crippen molar-refractivity contribution in [1.82, 2.24) is 0 Å². The van der Waals surface area contributed by atoms with Crippen LogP contribution in [-0.4, -0.2) is 0 Å². The number of hydrogen-bond acceptors (Lipinski definition) is 1. The van der Waals surface area contributed by atoms with Gasteiger partial charge in [0, 0.05) is 16.2 Å². The quantitative estimate of drug-likeness (QED) is 0.175. The summed E-state index contributed by atoms with van der Waals surface area (Å²) < 4.78 is 130. The number of rotatable bonds is 4. The molecule has 0 fully saturated rings. The van der Waals surface area contributed by atoms with E-state index in [1.807, 2.05) is 97.1 Å². The molecule has 0 aliphatic rings. The molecule has 1 aromatic heterocycles. The molecule has 0 N–H and O–H groups in total. The topological polar surface area (TPSA) is 13.1 Å². The molecule has 0 atom stereocenters. The van der Waals surface area contributed by atoms with Gasteiger partial charge in [-0.1, -0.05) is 164 Å². The zero-order chi connectivity index (χ0) is 44.5. The third-order valence-corrected chi connectivity index (χ3v) is 9.09. The first-order valence-corrected chi connectivity index (χ1v) is 15.7. The van der Waals surface area contributed by atoms with Crippen molar-refractivity contribution in [2.45, 2.75) is 0 Å². The lowest BCUT2D eigenvalue weighted by atomic mass is 9.83. The molecule has 9 aromatic carbocycles. The predicted octanol–water partition coefficient (Wildman–Crippen LogP) is 13.7. The molecule has 10 rings (SSSR count). The van der Waals surface area contributed by atoms with Crippen molar-refractivity contribution in [3.05, 3.63) is 182 Å². The molecule has 0 spiro atoms. The monoisotopic (exact) mass is 636 g/mol. The minimum absolute atomic E-state index is 0.0264. The first-order chi connectivity index (χ1) is 30.1. The Bertz CT molecular complexity index is 3590. The van der Waals surface area contributed by atoms with E-state index in [-0.39, 0.29) is 62.0 Å². The average Bonchev–Trinajstić information content (AvgIpc) is 3.69. The summed E-state index contributed by atoms with van der Waals surface area (Å²) in [6.45, 7) is 0. The highest BCUT2D eigenvalue weighted by Gasteiger charge is 2.21. The maximum Gasteiger partial charge on any atom is 0.143 e. The van der Waals surface area contributed by atoms with E-state index in [2.05, 4.69) is 0 Å². The largest absolute Gasteiger partial charge is 0.455 e. The molecule has 0 saturated heterocycles. The zero-order valence-electron chi connectivity index (χ0n) is 39.6. The Labute approximate surface area is 304 Å². The maximum atomic E-state index is 9.52. The van der Waals surface area contributed by atoms with Crippen LogP contribution in [0.3, 0.4) is 0 Å². The molecule has 0 saturated carbocycles. The van der Waals surface area contributed by atoms with Crippen LogP contribution >= 0.6 is 0 Å². The van der Waals surface area contributed by atoms with Crippen molar-refractivity contribution in [2.75, 3.05) is 0 Å². The average molecular weight is 637 g/mol. The minimum atomic E-state index is -0.576. The summed E-state index contributed by atoms with van der Waals surface area (Å²) in [7, 11) is 0. The summed E-state index contributed by atoms with van der Waals surface area (Å²) in [5.41, 5.74) is 3.50. The second-order valence-corrected chi connectivity index (χ2v) is 11.7. The number of benzene rings is 9. The van der Waals surface area contributed by atoms with Crippen LogP contribution in [0.2, 0.25) is 0 Å². The van der Waals surface area contributed by atoms with Gasteiger partial charge in [0.15, 0.2) is 0 Å². The Kier molecular flexibility index (Phi) is 3.87. The van der Waals surface area contributed by atoms with Crippen molar-refractivity contribution >= 4 is 54.3 Å².